The number of cyclic esters (lactones) is 1. The van der Waals surface area contributed by atoms with E-state index in [-0.39, 0.29) is 25.4 Å². The molecule has 1 aliphatic rings. The Labute approximate surface area is 196 Å². The molecule has 0 bridgehead atoms. The third kappa shape index (κ3) is 8.51. The van der Waals surface area contributed by atoms with E-state index in [1.54, 1.807) is 19.3 Å². The monoisotopic (exact) mass is 458 g/mol. The first-order valence-electron chi connectivity index (χ1n) is 11.1. The fourth-order valence-corrected chi connectivity index (χ4v) is 3.61. The molecule has 7 nitrogen and oxygen atoms in total. The third-order valence-corrected chi connectivity index (χ3v) is 5.35. The summed E-state index contributed by atoms with van der Waals surface area (Å²) >= 11 is 0. The van der Waals surface area contributed by atoms with Crippen molar-refractivity contribution in [1.82, 2.24) is 0 Å². The van der Waals surface area contributed by atoms with Crippen LogP contribution in [0.3, 0.4) is 0 Å². The van der Waals surface area contributed by atoms with Crippen LogP contribution < -0.4 is 4.74 Å². The summed E-state index contributed by atoms with van der Waals surface area (Å²) in [5.41, 5.74) is 1.24. The summed E-state index contributed by atoms with van der Waals surface area (Å²) in [5, 5.41) is 0. The van der Waals surface area contributed by atoms with Gasteiger partial charge in [-0.25, -0.2) is 9.59 Å². The van der Waals surface area contributed by atoms with Crippen molar-refractivity contribution < 1.29 is 33.3 Å². The second-order valence-corrected chi connectivity index (χ2v) is 7.81. The first-order chi connectivity index (χ1) is 16.0. The summed E-state index contributed by atoms with van der Waals surface area (Å²) in [5.74, 6) is -0.316. The number of allylic oxidation sites excluding steroid dienone is 2. The van der Waals surface area contributed by atoms with Gasteiger partial charge in [0.2, 0.25) is 0 Å². The highest BCUT2D eigenvalue weighted by Gasteiger charge is 2.27. The van der Waals surface area contributed by atoms with Crippen molar-refractivity contribution in [3.63, 3.8) is 0 Å². The Bertz CT molecular complexity index is 843. The number of methoxy groups -OCH3 is 2. The molecule has 1 aliphatic heterocycles. The van der Waals surface area contributed by atoms with E-state index < -0.39 is 18.0 Å². The maximum atomic E-state index is 13.2. The predicted octanol–water partition coefficient (Wildman–Crippen LogP) is 4.41. The van der Waals surface area contributed by atoms with Crippen molar-refractivity contribution in [1.29, 1.82) is 0 Å². The lowest BCUT2D eigenvalue weighted by Gasteiger charge is -2.28. The van der Waals surface area contributed by atoms with Crippen LogP contribution in [0.2, 0.25) is 0 Å². The minimum absolute atomic E-state index is 0.135. The summed E-state index contributed by atoms with van der Waals surface area (Å²) in [6.45, 7) is 5.89. The first kappa shape index (κ1) is 26.4. The van der Waals surface area contributed by atoms with Crippen LogP contribution in [0.5, 0.6) is 5.75 Å². The van der Waals surface area contributed by atoms with Crippen LogP contribution >= 0.6 is 0 Å². The van der Waals surface area contributed by atoms with Gasteiger partial charge in [-0.3, -0.25) is 0 Å². The number of fused-ring (bicyclic) bond motifs is 1. The number of carbonyl (C=O) groups is 2. The molecule has 180 valence electrons. The molecule has 0 N–H and O–H groups in total. The number of benzene rings is 1. The van der Waals surface area contributed by atoms with Crippen LogP contribution in [0.25, 0.3) is 0 Å². The molecular formula is C26H34O7. The second kappa shape index (κ2) is 14.3. The van der Waals surface area contributed by atoms with Crippen LogP contribution in [-0.4, -0.2) is 51.8 Å². The van der Waals surface area contributed by atoms with E-state index in [2.05, 4.69) is 19.6 Å². The predicted molar refractivity (Wildman–Crippen MR) is 125 cm³/mol. The smallest absolute Gasteiger partial charge is 0.342 e. The first-order valence-corrected chi connectivity index (χ1v) is 11.1. The Morgan fingerprint density at radius 2 is 2.09 bits per heavy atom. The molecule has 3 unspecified atom stereocenters. The molecule has 0 amide bonds. The molecule has 0 saturated heterocycles. The Hall–Kier alpha value is -2.90. The molecule has 1 heterocycles. The molecular weight excluding hydrogens is 424 g/mol. The minimum atomic E-state index is -0.522. The molecule has 0 fully saturated rings. The molecule has 0 radical (unpaired) electrons. The van der Waals surface area contributed by atoms with Gasteiger partial charge in [0, 0.05) is 26.0 Å². The van der Waals surface area contributed by atoms with Crippen LogP contribution in [0.4, 0.5) is 0 Å². The zero-order valence-corrected chi connectivity index (χ0v) is 19.7. The average Bonchev–Trinajstić information content (AvgIpc) is 2.81. The van der Waals surface area contributed by atoms with Gasteiger partial charge >= 0.3 is 11.9 Å². The van der Waals surface area contributed by atoms with E-state index in [1.807, 2.05) is 18.2 Å². The number of carbonyl (C=O) groups excluding carboxylic acids is 2. The third-order valence-electron chi connectivity index (χ3n) is 5.35. The van der Waals surface area contributed by atoms with Gasteiger partial charge in [-0.15, -0.1) is 0 Å². The van der Waals surface area contributed by atoms with E-state index in [4.69, 9.17) is 23.7 Å². The van der Waals surface area contributed by atoms with E-state index in [9.17, 15) is 9.59 Å². The van der Waals surface area contributed by atoms with Gasteiger partial charge in [0.25, 0.3) is 0 Å². The number of hydrogen-bond donors (Lipinski definition) is 0. The summed E-state index contributed by atoms with van der Waals surface area (Å²) in [7, 11) is 3.10. The largest absolute Gasteiger partial charge is 0.496 e. The fraction of sp³-hybridized carbons (Fsp3) is 0.462. The van der Waals surface area contributed by atoms with Crippen LogP contribution in [0.1, 0.15) is 42.1 Å². The highest BCUT2D eigenvalue weighted by Crippen LogP contribution is 2.28. The van der Waals surface area contributed by atoms with Crippen molar-refractivity contribution in [2.75, 3.05) is 27.6 Å². The molecule has 33 heavy (non-hydrogen) atoms. The van der Waals surface area contributed by atoms with Crippen molar-refractivity contribution in [2.45, 2.75) is 44.8 Å². The van der Waals surface area contributed by atoms with Crippen LogP contribution in [0, 0.1) is 5.92 Å². The van der Waals surface area contributed by atoms with E-state index in [1.165, 1.54) is 19.3 Å². The molecule has 0 aliphatic carbocycles. The van der Waals surface area contributed by atoms with Crippen LogP contribution in [0.15, 0.2) is 55.2 Å². The molecule has 1 aromatic rings. The molecule has 1 aromatic carbocycles. The van der Waals surface area contributed by atoms with Gasteiger partial charge in [-0.2, -0.15) is 0 Å². The number of rotatable bonds is 9. The topological polar surface area (TPSA) is 80.3 Å². The highest BCUT2D eigenvalue weighted by molar-refractivity contribution is 5.94. The number of hydrogen-bond acceptors (Lipinski definition) is 7. The van der Waals surface area contributed by atoms with E-state index in [0.29, 0.717) is 30.6 Å². The molecule has 0 saturated carbocycles. The quantitative estimate of drug-likeness (QED) is 0.235. The summed E-state index contributed by atoms with van der Waals surface area (Å²) < 4.78 is 27.3. The van der Waals surface area contributed by atoms with Crippen LogP contribution in [-0.2, 0) is 30.2 Å². The van der Waals surface area contributed by atoms with E-state index in [0.717, 1.165) is 12.0 Å². The molecule has 0 aromatic heterocycles. The summed E-state index contributed by atoms with van der Waals surface area (Å²) in [6.07, 6.45) is 10.1. The minimum Gasteiger partial charge on any atom is -0.496 e. The number of ether oxygens (including phenoxy) is 5. The Balaban J connectivity index is 2.32. The van der Waals surface area contributed by atoms with Gasteiger partial charge in [0.1, 0.15) is 30.8 Å². The van der Waals surface area contributed by atoms with Gasteiger partial charge in [-0.05, 0) is 30.4 Å². The normalized spacial score (nSPS) is 22.4. The molecule has 2 rings (SSSR count). The van der Waals surface area contributed by atoms with Crippen molar-refractivity contribution in [3.8, 4) is 5.75 Å². The molecule has 3 atom stereocenters. The molecule has 0 spiro atoms. The lowest BCUT2D eigenvalue weighted by Crippen LogP contribution is -2.31. The lowest BCUT2D eigenvalue weighted by atomic mass is 9.93. The fourth-order valence-electron chi connectivity index (χ4n) is 3.61. The summed E-state index contributed by atoms with van der Waals surface area (Å²) in [4.78, 5) is 25.0. The maximum Gasteiger partial charge on any atom is 0.342 e. The zero-order valence-electron chi connectivity index (χ0n) is 19.7. The van der Waals surface area contributed by atoms with Crippen molar-refractivity contribution >= 4 is 11.9 Å². The van der Waals surface area contributed by atoms with E-state index >= 15 is 0 Å². The Morgan fingerprint density at radius 3 is 2.82 bits per heavy atom. The maximum absolute atomic E-state index is 13.2. The van der Waals surface area contributed by atoms with Gasteiger partial charge < -0.3 is 23.7 Å². The molecule has 7 heteroatoms. The second-order valence-electron chi connectivity index (χ2n) is 7.81. The van der Waals surface area contributed by atoms with Crippen molar-refractivity contribution in [3.05, 3.63) is 66.3 Å². The standard InChI is InChI=1S/C26H34O7/c1-5-16-31-24(27)15-9-13-21-17-23(32-18-29-3)19(2)10-6-7-11-20-12-8-14-22(30-4)25(20)26(28)33-21/h5-9,12,14-15,19,21,23H,1,10-11,13,16-18H2,2-4H3/b7-6+,15-9+. The zero-order chi connectivity index (χ0) is 24.1. The van der Waals surface area contributed by atoms with Crippen molar-refractivity contribution in [2.24, 2.45) is 5.92 Å². The number of esters is 2. The Morgan fingerprint density at radius 1 is 1.27 bits per heavy atom. The summed E-state index contributed by atoms with van der Waals surface area (Å²) in [6, 6.07) is 5.50. The SMILES string of the molecule is C=CCOC(=O)/C=C/CC1CC(OCOC)C(C)C/C=C/Cc2cccc(OC)c2C(=O)O1. The average molecular weight is 459 g/mol. The lowest BCUT2D eigenvalue weighted by molar-refractivity contribution is -0.136. The Kier molecular flexibility index (Phi) is 11.4. The van der Waals surface area contributed by atoms with Gasteiger partial charge in [-0.1, -0.05) is 49.9 Å². The highest BCUT2D eigenvalue weighted by atomic mass is 16.7. The van der Waals surface area contributed by atoms with Gasteiger partial charge in [0.15, 0.2) is 0 Å². The van der Waals surface area contributed by atoms with Gasteiger partial charge in [0.05, 0.1) is 13.2 Å².